The molecule has 1 aliphatic rings. The van der Waals surface area contributed by atoms with Crippen LogP contribution in [0.1, 0.15) is 13.3 Å². The van der Waals surface area contributed by atoms with Gasteiger partial charge in [-0.05, 0) is 32.0 Å². The first-order chi connectivity index (χ1) is 7.33. The van der Waals surface area contributed by atoms with Crippen LogP contribution in [0.4, 0.5) is 11.4 Å². The minimum Gasteiger partial charge on any atom is -0.382 e. The molecule has 0 aromatic heterocycles. The Bertz CT molecular complexity index is 324. The first-order valence-corrected chi connectivity index (χ1v) is 5.62. The summed E-state index contributed by atoms with van der Waals surface area (Å²) in [6.07, 6.45) is 1.05. The van der Waals surface area contributed by atoms with Crippen LogP contribution in [0.15, 0.2) is 24.3 Å². The van der Waals surface area contributed by atoms with Crippen LogP contribution in [0.3, 0.4) is 0 Å². The summed E-state index contributed by atoms with van der Waals surface area (Å²) in [7, 11) is 0. The van der Waals surface area contributed by atoms with Gasteiger partial charge in [0.1, 0.15) is 0 Å². The number of rotatable bonds is 3. The lowest BCUT2D eigenvalue weighted by molar-refractivity contribution is 0.595. The van der Waals surface area contributed by atoms with E-state index in [0.29, 0.717) is 6.04 Å². The minimum absolute atomic E-state index is 0.526. The average molecular weight is 205 g/mol. The summed E-state index contributed by atoms with van der Waals surface area (Å²) in [4.78, 5) is 2.44. The van der Waals surface area contributed by atoms with Crippen molar-refractivity contribution in [2.24, 2.45) is 5.73 Å². The van der Waals surface area contributed by atoms with Crippen molar-refractivity contribution in [3.05, 3.63) is 24.3 Å². The molecule has 0 amide bonds. The van der Waals surface area contributed by atoms with E-state index in [1.165, 1.54) is 11.4 Å². The van der Waals surface area contributed by atoms with E-state index in [9.17, 15) is 0 Å². The van der Waals surface area contributed by atoms with Crippen molar-refractivity contribution in [3.63, 3.8) is 0 Å². The molecule has 1 aromatic carbocycles. The van der Waals surface area contributed by atoms with E-state index in [0.717, 1.165) is 26.1 Å². The number of para-hydroxylation sites is 2. The average Bonchev–Trinajstić information content (AvgIpc) is 2.28. The predicted octanol–water partition coefficient (Wildman–Crippen LogP) is 1.66. The van der Waals surface area contributed by atoms with E-state index in [4.69, 9.17) is 5.73 Å². The van der Waals surface area contributed by atoms with Crippen molar-refractivity contribution in [1.29, 1.82) is 0 Å². The standard InChI is InChI=1S/C12H19N3/c1-10(6-7-13)15-9-8-14-11-4-2-3-5-12(11)15/h2-5,10,14H,6-9,13H2,1H3. The van der Waals surface area contributed by atoms with Crippen LogP contribution in [0, 0.1) is 0 Å². The Hall–Kier alpha value is -1.22. The van der Waals surface area contributed by atoms with Gasteiger partial charge in [0.15, 0.2) is 0 Å². The summed E-state index contributed by atoms with van der Waals surface area (Å²) in [5, 5.41) is 3.42. The monoisotopic (exact) mass is 205 g/mol. The third kappa shape index (κ3) is 2.07. The maximum Gasteiger partial charge on any atom is 0.0605 e. The zero-order chi connectivity index (χ0) is 10.7. The third-order valence-electron chi connectivity index (χ3n) is 3.00. The molecule has 82 valence electrons. The number of anilines is 2. The topological polar surface area (TPSA) is 41.3 Å². The number of nitrogens with zero attached hydrogens (tertiary/aromatic N) is 1. The van der Waals surface area contributed by atoms with Gasteiger partial charge in [0.25, 0.3) is 0 Å². The molecule has 1 aromatic rings. The van der Waals surface area contributed by atoms with Crippen LogP contribution in [-0.4, -0.2) is 25.7 Å². The first-order valence-electron chi connectivity index (χ1n) is 5.62. The minimum atomic E-state index is 0.526. The molecule has 0 spiro atoms. The third-order valence-corrected chi connectivity index (χ3v) is 3.00. The van der Waals surface area contributed by atoms with Crippen molar-refractivity contribution < 1.29 is 0 Å². The quantitative estimate of drug-likeness (QED) is 0.788. The molecule has 3 nitrogen and oxygen atoms in total. The molecule has 3 N–H and O–H groups in total. The maximum absolute atomic E-state index is 5.61. The van der Waals surface area contributed by atoms with Crippen LogP contribution in [0.25, 0.3) is 0 Å². The largest absolute Gasteiger partial charge is 0.382 e. The molecule has 1 aliphatic heterocycles. The highest BCUT2D eigenvalue weighted by Gasteiger charge is 2.19. The van der Waals surface area contributed by atoms with Gasteiger partial charge in [-0.3, -0.25) is 0 Å². The SMILES string of the molecule is CC(CCN)N1CCNc2ccccc21. The fourth-order valence-electron chi connectivity index (χ4n) is 2.16. The Morgan fingerprint density at radius 3 is 3.07 bits per heavy atom. The molecule has 15 heavy (non-hydrogen) atoms. The molecule has 1 heterocycles. The molecule has 0 bridgehead atoms. The Balaban J connectivity index is 2.21. The molecule has 0 fully saturated rings. The Kier molecular flexibility index (Phi) is 3.11. The molecule has 2 rings (SSSR count). The van der Waals surface area contributed by atoms with Crippen molar-refractivity contribution >= 4 is 11.4 Å². The van der Waals surface area contributed by atoms with Crippen molar-refractivity contribution in [1.82, 2.24) is 0 Å². The van der Waals surface area contributed by atoms with Gasteiger partial charge in [0, 0.05) is 19.1 Å². The van der Waals surface area contributed by atoms with E-state index in [1.54, 1.807) is 0 Å². The van der Waals surface area contributed by atoms with Gasteiger partial charge < -0.3 is 16.0 Å². The number of fused-ring (bicyclic) bond motifs is 1. The van der Waals surface area contributed by atoms with Crippen LogP contribution in [0.5, 0.6) is 0 Å². The lowest BCUT2D eigenvalue weighted by Gasteiger charge is -2.36. The normalized spacial score (nSPS) is 16.8. The van der Waals surface area contributed by atoms with Gasteiger partial charge in [-0.25, -0.2) is 0 Å². The van der Waals surface area contributed by atoms with Gasteiger partial charge in [0.05, 0.1) is 11.4 Å². The first kappa shape index (κ1) is 10.3. The lowest BCUT2D eigenvalue weighted by Crippen LogP contribution is -2.41. The summed E-state index contributed by atoms with van der Waals surface area (Å²) in [5.41, 5.74) is 8.17. The summed E-state index contributed by atoms with van der Waals surface area (Å²) >= 11 is 0. The van der Waals surface area contributed by atoms with Crippen LogP contribution in [0.2, 0.25) is 0 Å². The second-order valence-corrected chi connectivity index (χ2v) is 4.06. The molecule has 1 atom stereocenters. The van der Waals surface area contributed by atoms with E-state index < -0.39 is 0 Å². The molecular weight excluding hydrogens is 186 g/mol. The predicted molar refractivity (Wildman–Crippen MR) is 65.4 cm³/mol. The summed E-state index contributed by atoms with van der Waals surface area (Å²) < 4.78 is 0. The number of nitrogens with one attached hydrogen (secondary N) is 1. The highest BCUT2D eigenvalue weighted by molar-refractivity contribution is 5.72. The van der Waals surface area contributed by atoms with Crippen LogP contribution < -0.4 is 16.0 Å². The zero-order valence-corrected chi connectivity index (χ0v) is 9.24. The summed E-state index contributed by atoms with van der Waals surface area (Å²) in [6.45, 7) is 5.09. The Morgan fingerprint density at radius 1 is 1.47 bits per heavy atom. The molecule has 3 heteroatoms. The van der Waals surface area contributed by atoms with Gasteiger partial charge in [0.2, 0.25) is 0 Å². The van der Waals surface area contributed by atoms with Crippen molar-refractivity contribution in [2.75, 3.05) is 29.9 Å². The molecule has 0 aliphatic carbocycles. The van der Waals surface area contributed by atoms with Gasteiger partial charge in [-0.15, -0.1) is 0 Å². The molecular formula is C12H19N3. The van der Waals surface area contributed by atoms with Gasteiger partial charge in [-0.2, -0.15) is 0 Å². The summed E-state index contributed by atoms with van der Waals surface area (Å²) in [6, 6.07) is 9.00. The Morgan fingerprint density at radius 2 is 2.27 bits per heavy atom. The van der Waals surface area contributed by atoms with Crippen molar-refractivity contribution in [3.8, 4) is 0 Å². The van der Waals surface area contributed by atoms with Crippen LogP contribution in [-0.2, 0) is 0 Å². The molecule has 0 radical (unpaired) electrons. The second kappa shape index (κ2) is 4.53. The highest BCUT2D eigenvalue weighted by Crippen LogP contribution is 2.30. The number of nitrogens with two attached hydrogens (primary N) is 1. The lowest BCUT2D eigenvalue weighted by atomic mass is 10.1. The Labute approximate surface area is 91.3 Å². The molecule has 0 saturated carbocycles. The summed E-state index contributed by atoms with van der Waals surface area (Å²) in [5.74, 6) is 0. The highest BCUT2D eigenvalue weighted by atomic mass is 15.2. The molecule has 1 unspecified atom stereocenters. The van der Waals surface area contributed by atoms with E-state index >= 15 is 0 Å². The smallest absolute Gasteiger partial charge is 0.0605 e. The second-order valence-electron chi connectivity index (χ2n) is 4.06. The fraction of sp³-hybridized carbons (Fsp3) is 0.500. The number of benzene rings is 1. The van der Waals surface area contributed by atoms with Gasteiger partial charge in [-0.1, -0.05) is 12.1 Å². The van der Waals surface area contributed by atoms with E-state index in [1.807, 2.05) is 0 Å². The number of hydrogen-bond donors (Lipinski definition) is 2. The number of hydrogen-bond acceptors (Lipinski definition) is 3. The maximum atomic E-state index is 5.61. The zero-order valence-electron chi connectivity index (χ0n) is 9.24. The van der Waals surface area contributed by atoms with E-state index in [2.05, 4.69) is 41.4 Å². The van der Waals surface area contributed by atoms with Gasteiger partial charge >= 0.3 is 0 Å². The van der Waals surface area contributed by atoms with Crippen molar-refractivity contribution in [2.45, 2.75) is 19.4 Å². The van der Waals surface area contributed by atoms with E-state index in [-0.39, 0.29) is 0 Å². The fourth-order valence-corrected chi connectivity index (χ4v) is 2.16. The molecule has 0 saturated heterocycles. The van der Waals surface area contributed by atoms with Crippen LogP contribution >= 0.6 is 0 Å².